The second-order valence-corrected chi connectivity index (χ2v) is 8.23. The fourth-order valence-electron chi connectivity index (χ4n) is 4.12. The van der Waals surface area contributed by atoms with Gasteiger partial charge in [0.1, 0.15) is 0 Å². The molecular weight excluding hydrogens is 332 g/mol. The molecule has 2 aromatic carbocycles. The Balaban J connectivity index is 1.60. The summed E-state index contributed by atoms with van der Waals surface area (Å²) in [6.07, 6.45) is 2.63. The molecule has 3 rings (SSSR count). The highest BCUT2D eigenvalue weighted by Gasteiger charge is 2.17. The molecule has 0 spiro atoms. The normalized spacial score (nSPS) is 18.9. The molecule has 3 nitrogen and oxygen atoms in total. The fraction of sp³-hybridized carbons (Fsp3) is 0.458. The molecular formula is C24H32N2O. The van der Waals surface area contributed by atoms with E-state index in [1.807, 2.05) is 19.1 Å². The minimum Gasteiger partial charge on any atom is -0.346 e. The smallest absolute Gasteiger partial charge is 0.251 e. The molecule has 0 aliphatic carbocycles. The lowest BCUT2D eigenvalue weighted by Gasteiger charge is -2.30. The Morgan fingerprint density at radius 3 is 2.59 bits per heavy atom. The first kappa shape index (κ1) is 19.6. The third-order valence-electron chi connectivity index (χ3n) is 5.60. The minimum atomic E-state index is -0.0133. The number of hydrogen-bond donors (Lipinski definition) is 1. The average molecular weight is 365 g/mol. The number of benzene rings is 2. The molecule has 1 fully saturated rings. The highest BCUT2D eigenvalue weighted by molar-refractivity contribution is 5.94. The molecule has 1 heterocycles. The molecule has 0 radical (unpaired) electrons. The molecule has 1 N–H and O–H groups in total. The van der Waals surface area contributed by atoms with E-state index in [0.717, 1.165) is 18.0 Å². The number of carbonyl (C=O) groups is 1. The van der Waals surface area contributed by atoms with Gasteiger partial charge in [-0.2, -0.15) is 0 Å². The molecule has 0 bridgehead atoms. The lowest BCUT2D eigenvalue weighted by atomic mass is 9.99. The molecule has 3 heteroatoms. The molecule has 1 saturated heterocycles. The lowest BCUT2D eigenvalue weighted by Crippen LogP contribution is -2.33. The van der Waals surface area contributed by atoms with E-state index in [0.29, 0.717) is 0 Å². The zero-order chi connectivity index (χ0) is 19.4. The predicted molar refractivity (Wildman–Crippen MR) is 112 cm³/mol. The first-order valence-electron chi connectivity index (χ1n) is 10.1. The molecule has 27 heavy (non-hydrogen) atoms. The van der Waals surface area contributed by atoms with Gasteiger partial charge in [0, 0.05) is 18.7 Å². The van der Waals surface area contributed by atoms with E-state index >= 15 is 0 Å². The van der Waals surface area contributed by atoms with Crippen LogP contribution in [-0.2, 0) is 6.54 Å². The van der Waals surface area contributed by atoms with Crippen molar-refractivity contribution in [1.29, 1.82) is 0 Å². The third kappa shape index (κ3) is 5.20. The highest BCUT2D eigenvalue weighted by Crippen LogP contribution is 2.20. The van der Waals surface area contributed by atoms with Gasteiger partial charge in [-0.15, -0.1) is 0 Å². The highest BCUT2D eigenvalue weighted by atomic mass is 16.1. The summed E-state index contributed by atoms with van der Waals surface area (Å²) in [5, 5.41) is 3.13. The molecule has 1 amide bonds. The van der Waals surface area contributed by atoms with Crippen molar-refractivity contribution in [2.24, 2.45) is 5.92 Å². The number of likely N-dealkylation sites (tertiary alicyclic amines) is 1. The van der Waals surface area contributed by atoms with Crippen molar-refractivity contribution >= 4 is 5.91 Å². The van der Waals surface area contributed by atoms with E-state index in [9.17, 15) is 4.79 Å². The van der Waals surface area contributed by atoms with Crippen LogP contribution in [0.25, 0.3) is 0 Å². The molecule has 144 valence electrons. The number of nitrogens with one attached hydrogen (secondary N) is 1. The van der Waals surface area contributed by atoms with Gasteiger partial charge in [-0.3, -0.25) is 9.69 Å². The van der Waals surface area contributed by atoms with Gasteiger partial charge in [0.05, 0.1) is 6.04 Å². The van der Waals surface area contributed by atoms with Gasteiger partial charge >= 0.3 is 0 Å². The molecule has 2 aromatic rings. The summed E-state index contributed by atoms with van der Waals surface area (Å²) in [6.45, 7) is 11.9. The van der Waals surface area contributed by atoms with Crippen molar-refractivity contribution in [2.75, 3.05) is 13.1 Å². The van der Waals surface area contributed by atoms with Crippen LogP contribution in [0.1, 0.15) is 65.3 Å². The summed E-state index contributed by atoms with van der Waals surface area (Å²) in [5.41, 5.74) is 5.64. The van der Waals surface area contributed by atoms with E-state index < -0.39 is 0 Å². The van der Waals surface area contributed by atoms with Gasteiger partial charge in [0.2, 0.25) is 0 Å². The van der Waals surface area contributed by atoms with E-state index in [-0.39, 0.29) is 11.9 Å². The first-order valence-corrected chi connectivity index (χ1v) is 10.1. The van der Waals surface area contributed by atoms with Crippen LogP contribution in [0.15, 0.2) is 42.5 Å². The largest absolute Gasteiger partial charge is 0.346 e. The van der Waals surface area contributed by atoms with Gasteiger partial charge in [-0.25, -0.2) is 0 Å². The molecule has 0 saturated carbocycles. The Hall–Kier alpha value is -2.13. The quantitative estimate of drug-likeness (QED) is 0.807. The van der Waals surface area contributed by atoms with Crippen LogP contribution in [0.3, 0.4) is 0 Å². The van der Waals surface area contributed by atoms with Crippen molar-refractivity contribution < 1.29 is 4.79 Å². The van der Waals surface area contributed by atoms with Crippen molar-refractivity contribution in [3.8, 4) is 0 Å². The minimum absolute atomic E-state index is 0.00684. The standard InChI is InChI=1S/C24H32N2O/c1-17-7-12-23(19(3)14-17)20(4)25-24(27)22-10-8-21(9-11-22)16-26-13-5-6-18(2)15-26/h7-12,14,18,20H,5-6,13,15-16H2,1-4H3,(H,25,27)/t18-,20+/m0/s1. The van der Waals surface area contributed by atoms with Gasteiger partial charge in [0.15, 0.2) is 0 Å². The first-order chi connectivity index (χ1) is 12.9. The van der Waals surface area contributed by atoms with Crippen LogP contribution >= 0.6 is 0 Å². The van der Waals surface area contributed by atoms with Crippen molar-refractivity contribution in [3.63, 3.8) is 0 Å². The Bertz CT molecular complexity index is 781. The molecule has 1 aliphatic heterocycles. The van der Waals surface area contributed by atoms with Gasteiger partial charge in [-0.05, 0) is 74.9 Å². The monoisotopic (exact) mass is 364 g/mol. The number of rotatable bonds is 5. The number of hydrogen-bond acceptors (Lipinski definition) is 2. The van der Waals surface area contributed by atoms with Crippen LogP contribution in [0.2, 0.25) is 0 Å². The maximum Gasteiger partial charge on any atom is 0.251 e. The van der Waals surface area contributed by atoms with Crippen molar-refractivity contribution in [1.82, 2.24) is 10.2 Å². The van der Waals surface area contributed by atoms with Crippen LogP contribution in [0, 0.1) is 19.8 Å². The summed E-state index contributed by atoms with van der Waals surface area (Å²) in [5.74, 6) is 0.774. The summed E-state index contributed by atoms with van der Waals surface area (Å²) in [7, 11) is 0. The Morgan fingerprint density at radius 1 is 1.19 bits per heavy atom. The van der Waals surface area contributed by atoms with Gasteiger partial charge < -0.3 is 5.32 Å². The number of nitrogens with zero attached hydrogens (tertiary/aromatic N) is 1. The molecule has 1 aliphatic rings. The fourth-order valence-corrected chi connectivity index (χ4v) is 4.12. The Labute approximate surface area is 163 Å². The van der Waals surface area contributed by atoms with E-state index in [2.05, 4.69) is 61.3 Å². The van der Waals surface area contributed by atoms with Gasteiger partial charge in [0.25, 0.3) is 5.91 Å². The third-order valence-corrected chi connectivity index (χ3v) is 5.60. The van der Waals surface area contributed by atoms with Crippen molar-refractivity contribution in [3.05, 3.63) is 70.3 Å². The zero-order valence-electron chi connectivity index (χ0n) is 17.1. The lowest BCUT2D eigenvalue weighted by molar-refractivity contribution is 0.0940. The topological polar surface area (TPSA) is 32.3 Å². The van der Waals surface area contributed by atoms with Crippen LogP contribution in [0.5, 0.6) is 0 Å². The Kier molecular flexibility index (Phi) is 6.33. The van der Waals surface area contributed by atoms with Crippen LogP contribution in [-0.4, -0.2) is 23.9 Å². The maximum atomic E-state index is 12.6. The average Bonchev–Trinajstić information content (AvgIpc) is 2.62. The maximum absolute atomic E-state index is 12.6. The van der Waals surface area contributed by atoms with E-state index in [4.69, 9.17) is 0 Å². The second-order valence-electron chi connectivity index (χ2n) is 8.23. The number of amides is 1. The molecule has 0 unspecified atom stereocenters. The number of aryl methyl sites for hydroxylation is 2. The summed E-state index contributed by atoms with van der Waals surface area (Å²) in [4.78, 5) is 15.1. The molecule has 0 aromatic heterocycles. The number of piperidine rings is 1. The Morgan fingerprint density at radius 2 is 1.93 bits per heavy atom. The second kappa shape index (κ2) is 8.71. The number of carbonyl (C=O) groups excluding carboxylic acids is 1. The summed E-state index contributed by atoms with van der Waals surface area (Å²) in [6, 6.07) is 14.5. The van der Waals surface area contributed by atoms with Gasteiger partial charge in [-0.1, -0.05) is 42.8 Å². The molecule has 2 atom stereocenters. The van der Waals surface area contributed by atoms with Crippen LogP contribution in [0.4, 0.5) is 0 Å². The van der Waals surface area contributed by atoms with E-state index in [1.165, 1.54) is 48.2 Å². The summed E-state index contributed by atoms with van der Waals surface area (Å²) < 4.78 is 0. The SMILES string of the molecule is Cc1ccc([C@@H](C)NC(=O)c2ccc(CN3CCC[C@H](C)C3)cc2)c(C)c1. The van der Waals surface area contributed by atoms with Crippen LogP contribution < -0.4 is 5.32 Å². The van der Waals surface area contributed by atoms with E-state index in [1.54, 1.807) is 0 Å². The predicted octanol–water partition coefficient (Wildman–Crippen LogP) is 5.03. The van der Waals surface area contributed by atoms with Crippen molar-refractivity contribution in [2.45, 2.75) is 53.1 Å². The zero-order valence-corrected chi connectivity index (χ0v) is 17.1. The summed E-state index contributed by atoms with van der Waals surface area (Å²) >= 11 is 0.